The van der Waals surface area contributed by atoms with Gasteiger partial charge in [-0.25, -0.2) is 0 Å². The van der Waals surface area contributed by atoms with Gasteiger partial charge in [-0.3, -0.25) is 0 Å². The molecule has 0 aliphatic carbocycles. The first kappa shape index (κ1) is 9.19. The number of rotatable bonds is 2. The second kappa shape index (κ2) is 4.21. The van der Waals surface area contributed by atoms with Gasteiger partial charge in [-0.05, 0) is 40.3 Å². The van der Waals surface area contributed by atoms with E-state index >= 15 is 0 Å². The van der Waals surface area contributed by atoms with E-state index in [0.29, 0.717) is 0 Å². The van der Waals surface area contributed by atoms with Crippen molar-refractivity contribution in [2.75, 3.05) is 0 Å². The highest BCUT2D eigenvalue weighted by Crippen LogP contribution is 2.21. The third kappa shape index (κ3) is 2.56. The highest BCUT2D eigenvalue weighted by Gasteiger charge is 2.04. The van der Waals surface area contributed by atoms with Crippen LogP contribution < -0.4 is 0 Å². The zero-order chi connectivity index (χ0) is 8.27. The van der Waals surface area contributed by atoms with E-state index in [4.69, 9.17) is 0 Å². The highest BCUT2D eigenvalue weighted by atomic mass is 127. The average Bonchev–Trinajstić information content (AvgIpc) is 2.03. The number of carbonyl (C=O) groups is 1. The van der Waals surface area contributed by atoms with Crippen molar-refractivity contribution in [1.29, 1.82) is 0 Å². The lowest BCUT2D eigenvalue weighted by Gasteiger charge is -2.01. The van der Waals surface area contributed by atoms with Crippen LogP contribution in [0.4, 0.5) is 0 Å². The molecule has 0 saturated heterocycles. The molecule has 0 spiro atoms. The number of hydrogen-bond acceptors (Lipinski definition) is 1. The van der Waals surface area contributed by atoms with Crippen molar-refractivity contribution in [3.63, 3.8) is 0 Å². The molecule has 0 fully saturated rings. The van der Waals surface area contributed by atoms with Gasteiger partial charge in [-0.15, -0.1) is 0 Å². The Morgan fingerprint density at radius 1 is 1.55 bits per heavy atom. The molecule has 3 heteroatoms. The maximum absolute atomic E-state index is 10.4. The molecule has 1 unspecified atom stereocenters. The smallest absolute Gasteiger partial charge is 0.138 e. The van der Waals surface area contributed by atoms with Crippen LogP contribution in [-0.4, -0.2) is 6.29 Å². The van der Waals surface area contributed by atoms with Gasteiger partial charge < -0.3 is 4.79 Å². The fourth-order valence-electron chi connectivity index (χ4n) is 0.757. The Kier molecular flexibility index (Phi) is 3.51. The standard InChI is InChI=1S/C8H6BrIO/c9-8(5-11)6-2-1-3-7(10)4-6/h1-5,8H. The van der Waals surface area contributed by atoms with E-state index in [1.807, 2.05) is 24.3 Å². The van der Waals surface area contributed by atoms with Gasteiger partial charge in [-0.1, -0.05) is 28.1 Å². The van der Waals surface area contributed by atoms with E-state index < -0.39 is 0 Å². The number of carbonyl (C=O) groups excluding carboxylic acids is 1. The van der Waals surface area contributed by atoms with Crippen LogP contribution in [0.15, 0.2) is 24.3 Å². The van der Waals surface area contributed by atoms with Gasteiger partial charge >= 0.3 is 0 Å². The van der Waals surface area contributed by atoms with Crippen molar-refractivity contribution >= 4 is 44.8 Å². The number of halogens is 2. The maximum Gasteiger partial charge on any atom is 0.138 e. The van der Waals surface area contributed by atoms with Crippen molar-refractivity contribution in [2.45, 2.75) is 4.83 Å². The quantitative estimate of drug-likeness (QED) is 0.464. The summed E-state index contributed by atoms with van der Waals surface area (Å²) in [5.41, 5.74) is 1.01. The molecule has 0 aromatic heterocycles. The first-order valence-corrected chi connectivity index (χ1v) is 5.08. The third-order valence-electron chi connectivity index (χ3n) is 1.29. The number of hydrogen-bond donors (Lipinski definition) is 0. The molecule has 0 radical (unpaired) electrons. The van der Waals surface area contributed by atoms with Crippen LogP contribution in [0.1, 0.15) is 10.4 Å². The van der Waals surface area contributed by atoms with Crippen molar-refractivity contribution in [2.24, 2.45) is 0 Å². The minimum atomic E-state index is -0.169. The summed E-state index contributed by atoms with van der Waals surface area (Å²) in [4.78, 5) is 10.2. The van der Waals surface area contributed by atoms with Crippen molar-refractivity contribution < 1.29 is 4.79 Å². The largest absolute Gasteiger partial charge is 0.302 e. The van der Waals surface area contributed by atoms with Gasteiger partial charge in [-0.2, -0.15) is 0 Å². The fourth-order valence-corrected chi connectivity index (χ4v) is 1.61. The van der Waals surface area contributed by atoms with E-state index in [1.54, 1.807) is 0 Å². The summed E-state index contributed by atoms with van der Waals surface area (Å²) < 4.78 is 1.14. The molecule has 0 aliphatic heterocycles. The van der Waals surface area contributed by atoms with E-state index in [0.717, 1.165) is 15.4 Å². The molecule has 1 rings (SSSR count). The third-order valence-corrected chi connectivity index (χ3v) is 2.70. The molecule has 11 heavy (non-hydrogen) atoms. The molecule has 0 aliphatic rings. The molecular weight excluding hydrogens is 319 g/mol. The van der Waals surface area contributed by atoms with Crippen LogP contribution in [0.5, 0.6) is 0 Å². The summed E-state index contributed by atoms with van der Waals surface area (Å²) in [7, 11) is 0. The topological polar surface area (TPSA) is 17.1 Å². The zero-order valence-corrected chi connectivity index (χ0v) is 9.37. The Balaban J connectivity index is 2.95. The van der Waals surface area contributed by atoms with E-state index in [-0.39, 0.29) is 4.83 Å². The molecular formula is C8H6BrIO. The number of alkyl halides is 1. The van der Waals surface area contributed by atoms with Gasteiger partial charge in [0.2, 0.25) is 0 Å². The predicted octanol–water partition coefficient (Wildman–Crippen LogP) is 2.93. The normalized spacial score (nSPS) is 12.5. The molecule has 0 N–H and O–H groups in total. The van der Waals surface area contributed by atoms with Gasteiger partial charge in [0.1, 0.15) is 6.29 Å². The summed E-state index contributed by atoms with van der Waals surface area (Å²) in [6.07, 6.45) is 0.880. The van der Waals surface area contributed by atoms with Crippen LogP contribution in [-0.2, 0) is 4.79 Å². The van der Waals surface area contributed by atoms with Crippen LogP contribution in [0.25, 0.3) is 0 Å². The van der Waals surface area contributed by atoms with Gasteiger partial charge in [0, 0.05) is 3.57 Å². The average molecular weight is 325 g/mol. The molecule has 58 valence electrons. The Hall–Kier alpha value is 0.100. The summed E-state index contributed by atoms with van der Waals surface area (Å²) in [5.74, 6) is 0. The second-order valence-corrected chi connectivity index (χ2v) is 4.32. The summed E-state index contributed by atoms with van der Waals surface area (Å²) in [5, 5.41) is 0. The van der Waals surface area contributed by atoms with Gasteiger partial charge in [0.15, 0.2) is 0 Å². The van der Waals surface area contributed by atoms with E-state index in [2.05, 4.69) is 38.5 Å². The molecule has 1 atom stereocenters. The Morgan fingerprint density at radius 2 is 2.27 bits per heavy atom. The fraction of sp³-hybridized carbons (Fsp3) is 0.125. The SMILES string of the molecule is O=CC(Br)c1cccc(I)c1. The lowest BCUT2D eigenvalue weighted by Crippen LogP contribution is -1.89. The first-order chi connectivity index (χ1) is 5.24. The van der Waals surface area contributed by atoms with Crippen molar-refractivity contribution in [3.8, 4) is 0 Å². The monoisotopic (exact) mass is 324 g/mol. The first-order valence-electron chi connectivity index (χ1n) is 3.09. The minimum absolute atomic E-state index is 0.169. The summed E-state index contributed by atoms with van der Waals surface area (Å²) in [6, 6.07) is 7.84. The van der Waals surface area contributed by atoms with Crippen LogP contribution in [0, 0.1) is 3.57 Å². The van der Waals surface area contributed by atoms with Crippen molar-refractivity contribution in [3.05, 3.63) is 33.4 Å². The summed E-state index contributed by atoms with van der Waals surface area (Å²) >= 11 is 5.47. The van der Waals surface area contributed by atoms with Crippen LogP contribution in [0.2, 0.25) is 0 Å². The highest BCUT2D eigenvalue weighted by molar-refractivity contribution is 14.1. The van der Waals surface area contributed by atoms with Crippen LogP contribution in [0.3, 0.4) is 0 Å². The molecule has 1 aromatic rings. The summed E-state index contributed by atoms with van der Waals surface area (Å²) in [6.45, 7) is 0. The second-order valence-electron chi connectivity index (χ2n) is 2.09. The molecule has 1 aromatic carbocycles. The lowest BCUT2D eigenvalue weighted by atomic mass is 10.2. The Morgan fingerprint density at radius 3 is 2.82 bits per heavy atom. The van der Waals surface area contributed by atoms with Crippen LogP contribution >= 0.6 is 38.5 Å². The van der Waals surface area contributed by atoms with Crippen molar-refractivity contribution in [1.82, 2.24) is 0 Å². The predicted molar refractivity (Wildman–Crippen MR) is 56.9 cm³/mol. The molecule has 0 heterocycles. The Bertz CT molecular complexity index is 262. The molecule has 1 nitrogen and oxygen atoms in total. The maximum atomic E-state index is 10.4. The molecule has 0 amide bonds. The minimum Gasteiger partial charge on any atom is -0.302 e. The lowest BCUT2D eigenvalue weighted by molar-refractivity contribution is -0.107. The number of benzene rings is 1. The van der Waals surface area contributed by atoms with Gasteiger partial charge in [0.05, 0.1) is 4.83 Å². The van der Waals surface area contributed by atoms with Gasteiger partial charge in [0.25, 0.3) is 0 Å². The van der Waals surface area contributed by atoms with E-state index in [9.17, 15) is 4.79 Å². The zero-order valence-electron chi connectivity index (χ0n) is 5.63. The molecule has 0 saturated carbocycles. The molecule has 0 bridgehead atoms. The Labute approximate surface area is 87.5 Å². The van der Waals surface area contributed by atoms with E-state index in [1.165, 1.54) is 0 Å². The number of aldehydes is 1.